The van der Waals surface area contributed by atoms with Gasteiger partial charge in [0.1, 0.15) is 5.52 Å². The van der Waals surface area contributed by atoms with Crippen LogP contribution in [0.5, 0.6) is 0 Å². The molecule has 1 N–H and O–H groups in total. The molecule has 2 fully saturated rings. The molecule has 8 heteroatoms. The topological polar surface area (TPSA) is 66.3 Å². The Morgan fingerprint density at radius 1 is 1.25 bits per heavy atom. The van der Waals surface area contributed by atoms with Crippen molar-refractivity contribution in [2.45, 2.75) is 12.5 Å². The molecule has 2 aromatic rings. The van der Waals surface area contributed by atoms with Crippen LogP contribution in [0.4, 0.5) is 0 Å². The van der Waals surface area contributed by atoms with E-state index < -0.39 is 0 Å². The number of halogens is 1. The van der Waals surface area contributed by atoms with E-state index in [-0.39, 0.29) is 18.3 Å². The van der Waals surface area contributed by atoms with Crippen molar-refractivity contribution in [3.8, 4) is 0 Å². The van der Waals surface area contributed by atoms with Gasteiger partial charge in [-0.05, 0) is 24.6 Å². The number of carbonyl (C=O) groups is 1. The Balaban J connectivity index is 0.00000169. The molecule has 1 aromatic carbocycles. The Kier molecular flexibility index (Phi) is 5.03. The van der Waals surface area contributed by atoms with Gasteiger partial charge in [-0.1, -0.05) is 5.21 Å². The fraction of sp³-hybridized carbons (Fsp3) is 0.562. The van der Waals surface area contributed by atoms with Gasteiger partial charge in [0.15, 0.2) is 0 Å². The van der Waals surface area contributed by atoms with Crippen molar-refractivity contribution in [2.24, 2.45) is 7.05 Å². The van der Waals surface area contributed by atoms with Crippen molar-refractivity contribution < 1.29 is 4.79 Å². The molecule has 0 radical (unpaired) electrons. The van der Waals surface area contributed by atoms with Crippen LogP contribution in [-0.4, -0.2) is 76.0 Å². The average molecular weight is 351 g/mol. The molecule has 1 unspecified atom stereocenters. The number of piperazine rings is 1. The largest absolute Gasteiger partial charge is 0.337 e. The molecule has 24 heavy (non-hydrogen) atoms. The van der Waals surface area contributed by atoms with E-state index in [4.69, 9.17) is 0 Å². The van der Waals surface area contributed by atoms with Crippen molar-refractivity contribution in [1.29, 1.82) is 0 Å². The summed E-state index contributed by atoms with van der Waals surface area (Å²) in [6.45, 7) is 5.93. The molecule has 2 aliphatic rings. The summed E-state index contributed by atoms with van der Waals surface area (Å²) in [5.41, 5.74) is 2.43. The quantitative estimate of drug-likeness (QED) is 0.855. The Labute approximate surface area is 147 Å². The number of likely N-dealkylation sites (tertiary alicyclic amines) is 1. The van der Waals surface area contributed by atoms with Crippen LogP contribution in [0.2, 0.25) is 0 Å². The molecule has 3 heterocycles. The number of fused-ring (bicyclic) bond motifs is 1. The SMILES string of the molecule is Cl.Cn1nnc2cc(C(=O)N3CCC(N4CCNCC4)C3)ccc21. The minimum atomic E-state index is 0. The number of rotatable bonds is 2. The molecule has 2 aliphatic heterocycles. The van der Waals surface area contributed by atoms with Crippen LogP contribution in [0.1, 0.15) is 16.8 Å². The smallest absolute Gasteiger partial charge is 0.253 e. The zero-order valence-electron chi connectivity index (χ0n) is 13.8. The van der Waals surface area contributed by atoms with E-state index in [1.807, 2.05) is 30.1 Å². The van der Waals surface area contributed by atoms with Crippen molar-refractivity contribution >= 4 is 29.3 Å². The highest BCUT2D eigenvalue weighted by Crippen LogP contribution is 2.20. The summed E-state index contributed by atoms with van der Waals surface area (Å²) < 4.78 is 1.72. The van der Waals surface area contributed by atoms with Crippen molar-refractivity contribution in [2.75, 3.05) is 39.3 Å². The lowest BCUT2D eigenvalue weighted by molar-refractivity contribution is 0.0773. The number of nitrogens with zero attached hydrogens (tertiary/aromatic N) is 5. The van der Waals surface area contributed by atoms with Crippen LogP contribution in [0.3, 0.4) is 0 Å². The van der Waals surface area contributed by atoms with Crippen LogP contribution in [0.15, 0.2) is 18.2 Å². The highest BCUT2D eigenvalue weighted by Gasteiger charge is 2.31. The van der Waals surface area contributed by atoms with Crippen molar-refractivity contribution in [3.63, 3.8) is 0 Å². The Morgan fingerprint density at radius 2 is 2.04 bits per heavy atom. The first-order valence-electron chi connectivity index (χ1n) is 8.26. The highest BCUT2D eigenvalue weighted by atomic mass is 35.5. The lowest BCUT2D eigenvalue weighted by Gasteiger charge is -2.32. The Hall–Kier alpha value is -1.70. The second-order valence-electron chi connectivity index (χ2n) is 6.40. The van der Waals surface area contributed by atoms with Gasteiger partial charge in [0.2, 0.25) is 0 Å². The molecular formula is C16H23ClN6O. The number of amides is 1. The lowest BCUT2D eigenvalue weighted by Crippen LogP contribution is -2.49. The number of aryl methyl sites for hydroxylation is 1. The molecular weight excluding hydrogens is 328 g/mol. The minimum Gasteiger partial charge on any atom is -0.337 e. The van der Waals surface area contributed by atoms with E-state index in [1.165, 1.54) is 0 Å². The fourth-order valence-electron chi connectivity index (χ4n) is 3.63. The van der Waals surface area contributed by atoms with E-state index in [9.17, 15) is 4.79 Å². The maximum atomic E-state index is 12.8. The third kappa shape index (κ3) is 3.11. The summed E-state index contributed by atoms with van der Waals surface area (Å²) in [6, 6.07) is 6.16. The lowest BCUT2D eigenvalue weighted by atomic mass is 10.1. The van der Waals surface area contributed by atoms with Gasteiger partial charge in [-0.3, -0.25) is 9.69 Å². The molecule has 1 aromatic heterocycles. The molecule has 0 aliphatic carbocycles. The van der Waals surface area contributed by atoms with E-state index in [0.29, 0.717) is 11.6 Å². The van der Waals surface area contributed by atoms with E-state index in [1.54, 1.807) is 4.68 Å². The van der Waals surface area contributed by atoms with Crippen molar-refractivity contribution in [1.82, 2.24) is 30.1 Å². The average Bonchev–Trinajstić information content (AvgIpc) is 3.22. The van der Waals surface area contributed by atoms with E-state index in [0.717, 1.165) is 56.7 Å². The van der Waals surface area contributed by atoms with Gasteiger partial charge in [0.25, 0.3) is 5.91 Å². The van der Waals surface area contributed by atoms with Gasteiger partial charge in [-0.15, -0.1) is 17.5 Å². The summed E-state index contributed by atoms with van der Waals surface area (Å²) in [5.74, 6) is 0.107. The Bertz CT molecular complexity index is 726. The first-order valence-corrected chi connectivity index (χ1v) is 8.26. The molecule has 1 atom stereocenters. The van der Waals surface area contributed by atoms with Crippen molar-refractivity contribution in [3.05, 3.63) is 23.8 Å². The van der Waals surface area contributed by atoms with Crippen LogP contribution in [-0.2, 0) is 7.05 Å². The predicted molar refractivity (Wildman–Crippen MR) is 94.5 cm³/mol. The first-order chi connectivity index (χ1) is 11.2. The van der Waals surface area contributed by atoms with Gasteiger partial charge < -0.3 is 10.2 Å². The maximum absolute atomic E-state index is 12.8. The third-order valence-electron chi connectivity index (χ3n) is 4.98. The van der Waals surface area contributed by atoms with E-state index >= 15 is 0 Å². The standard InChI is InChI=1S/C16H22N6O.ClH/c1-20-15-3-2-12(10-14(15)18-19-20)16(23)22-7-4-13(11-22)21-8-5-17-6-9-21;/h2-3,10,13,17H,4-9,11H2,1H3;1H. The summed E-state index contributed by atoms with van der Waals surface area (Å²) in [6.07, 6.45) is 1.07. The summed E-state index contributed by atoms with van der Waals surface area (Å²) >= 11 is 0. The number of aromatic nitrogens is 3. The second kappa shape index (κ2) is 7.04. The van der Waals surface area contributed by atoms with Gasteiger partial charge in [0, 0.05) is 57.9 Å². The van der Waals surface area contributed by atoms with Crippen LogP contribution in [0.25, 0.3) is 11.0 Å². The number of hydrogen-bond donors (Lipinski definition) is 1. The summed E-state index contributed by atoms with van der Waals surface area (Å²) in [4.78, 5) is 17.3. The zero-order valence-corrected chi connectivity index (χ0v) is 14.6. The maximum Gasteiger partial charge on any atom is 0.253 e. The molecule has 1 amide bonds. The normalized spacial score (nSPS) is 21.9. The zero-order chi connectivity index (χ0) is 15.8. The van der Waals surface area contributed by atoms with Crippen LogP contribution >= 0.6 is 12.4 Å². The Morgan fingerprint density at radius 3 is 2.83 bits per heavy atom. The van der Waals surface area contributed by atoms with Gasteiger partial charge >= 0.3 is 0 Å². The molecule has 7 nitrogen and oxygen atoms in total. The molecule has 0 spiro atoms. The monoisotopic (exact) mass is 350 g/mol. The second-order valence-corrected chi connectivity index (χ2v) is 6.40. The number of carbonyl (C=O) groups excluding carboxylic acids is 1. The molecule has 2 saturated heterocycles. The van der Waals surface area contributed by atoms with Gasteiger partial charge in [-0.25, -0.2) is 4.68 Å². The molecule has 0 bridgehead atoms. The van der Waals surface area contributed by atoms with E-state index in [2.05, 4.69) is 20.5 Å². The van der Waals surface area contributed by atoms with Crippen LogP contribution < -0.4 is 5.32 Å². The summed E-state index contributed by atoms with van der Waals surface area (Å²) in [5, 5.41) is 11.5. The first kappa shape index (κ1) is 17.1. The highest BCUT2D eigenvalue weighted by molar-refractivity contribution is 5.97. The van der Waals surface area contributed by atoms with Crippen LogP contribution in [0, 0.1) is 0 Å². The van der Waals surface area contributed by atoms with Gasteiger partial charge in [0.05, 0.1) is 5.52 Å². The minimum absolute atomic E-state index is 0. The third-order valence-corrected chi connectivity index (χ3v) is 4.98. The molecule has 130 valence electrons. The number of benzene rings is 1. The molecule has 4 rings (SSSR count). The number of nitrogens with one attached hydrogen (secondary N) is 1. The van der Waals surface area contributed by atoms with Gasteiger partial charge in [-0.2, -0.15) is 0 Å². The molecule has 0 saturated carbocycles. The number of hydrogen-bond acceptors (Lipinski definition) is 5. The fourth-order valence-corrected chi connectivity index (χ4v) is 3.63. The summed E-state index contributed by atoms with van der Waals surface area (Å²) in [7, 11) is 1.86. The predicted octanol–water partition coefficient (Wildman–Crippen LogP) is 0.510.